The van der Waals surface area contributed by atoms with E-state index in [-0.39, 0.29) is 0 Å². The average molecular weight is 936 g/mol. The summed E-state index contributed by atoms with van der Waals surface area (Å²) in [6.45, 7) is 0. The van der Waals surface area contributed by atoms with Crippen LogP contribution in [0.15, 0.2) is 229 Å². The van der Waals surface area contributed by atoms with Crippen LogP contribution < -0.4 is 0 Å². The van der Waals surface area contributed by atoms with Crippen LogP contribution in [0.1, 0.15) is 0 Å². The Hall–Kier alpha value is -9.43. The fraction of sp³-hybridized carbons (Fsp3) is 0. The van der Waals surface area contributed by atoms with Gasteiger partial charge in [0.2, 0.25) is 0 Å². The van der Waals surface area contributed by atoms with Gasteiger partial charge < -0.3 is 13.6 Å². The van der Waals surface area contributed by atoms with Gasteiger partial charge in [0.1, 0.15) is 11.2 Å². The smallest absolute Gasteiger partial charge is 0.166 e. The number of hydrogen-bond donors (Lipinski definition) is 0. The molecular weight excluding hydrogens is 899 g/mol. The monoisotopic (exact) mass is 935 g/mol. The largest absolute Gasteiger partial charge is 0.456 e. The highest BCUT2D eigenvalue weighted by Gasteiger charge is 2.26. The molecule has 0 bridgehead atoms. The van der Waals surface area contributed by atoms with E-state index in [1.54, 1.807) is 0 Å². The van der Waals surface area contributed by atoms with E-state index in [2.05, 4.69) is 209 Å². The zero-order valence-electron chi connectivity index (χ0n) is 38.4. The van der Waals surface area contributed by atoms with Gasteiger partial charge >= 0.3 is 0 Å². The first kappa shape index (κ1) is 39.4. The molecule has 0 aliphatic heterocycles. The van der Waals surface area contributed by atoms with Crippen LogP contribution in [0.5, 0.6) is 0 Å². The summed E-state index contributed by atoms with van der Waals surface area (Å²) in [5.74, 6) is 1.73. The summed E-state index contributed by atoms with van der Waals surface area (Å²) in [4.78, 5) is 16.9. The summed E-state index contributed by atoms with van der Waals surface area (Å²) in [6.07, 6.45) is 0. The summed E-state index contributed by atoms with van der Waals surface area (Å²) in [5.41, 5.74) is 10.8. The number of para-hydroxylation sites is 3. The molecule has 0 radical (unpaired) electrons. The Morgan fingerprint density at radius 3 is 1.78 bits per heavy atom. The highest BCUT2D eigenvalue weighted by Crippen LogP contribution is 2.48. The molecule has 0 atom stereocenters. The second kappa shape index (κ2) is 15.0. The van der Waals surface area contributed by atoms with Crippen molar-refractivity contribution in [2.24, 2.45) is 0 Å². The lowest BCUT2D eigenvalue weighted by atomic mass is 10.0. The number of hydrogen-bond acceptors (Lipinski definition) is 5. The molecule has 16 aromatic rings. The molecule has 7 heteroatoms. The van der Waals surface area contributed by atoms with Gasteiger partial charge in [0.05, 0.1) is 32.5 Å². The fourth-order valence-electron chi connectivity index (χ4n) is 11.6. The van der Waals surface area contributed by atoms with Gasteiger partial charge in [-0.1, -0.05) is 158 Å². The molecule has 72 heavy (non-hydrogen) atoms. The SMILES string of the molecule is c1ccc(-n2c3ccccc3c3c(-c4nc(-c5ccc6c(sc7ccccc76)c5-n5c6cc7ccccc7cc6c6c7ccccc7ccc65)nc(-c5cccc6oc7ccccc7c56)n4)cccc32)cc1. The first-order chi connectivity index (χ1) is 35.7. The molecule has 0 aliphatic carbocycles. The highest BCUT2D eigenvalue weighted by molar-refractivity contribution is 7.26. The summed E-state index contributed by atoms with van der Waals surface area (Å²) >= 11 is 1.82. The molecule has 334 valence electrons. The molecular formula is C65H37N5OS. The third-order valence-electron chi connectivity index (χ3n) is 14.7. The van der Waals surface area contributed by atoms with Crippen LogP contribution in [-0.2, 0) is 0 Å². The van der Waals surface area contributed by atoms with Crippen molar-refractivity contribution in [1.29, 1.82) is 0 Å². The zero-order chi connectivity index (χ0) is 47.0. The van der Waals surface area contributed by atoms with Crippen molar-refractivity contribution in [1.82, 2.24) is 24.1 Å². The first-order valence-corrected chi connectivity index (χ1v) is 25.1. The van der Waals surface area contributed by atoms with E-state index in [4.69, 9.17) is 19.4 Å². The van der Waals surface area contributed by atoms with Crippen LogP contribution >= 0.6 is 11.3 Å². The minimum atomic E-state index is 0.567. The Morgan fingerprint density at radius 1 is 0.333 bits per heavy atom. The van der Waals surface area contributed by atoms with Gasteiger partial charge in [-0.25, -0.2) is 15.0 Å². The predicted octanol–water partition coefficient (Wildman–Crippen LogP) is 17.6. The minimum Gasteiger partial charge on any atom is -0.456 e. The Morgan fingerprint density at radius 2 is 0.944 bits per heavy atom. The van der Waals surface area contributed by atoms with Crippen molar-refractivity contribution in [3.05, 3.63) is 224 Å². The molecule has 0 saturated heterocycles. The molecule has 0 unspecified atom stereocenters. The summed E-state index contributed by atoms with van der Waals surface area (Å²) < 4.78 is 13.7. The van der Waals surface area contributed by atoms with Gasteiger partial charge in [0, 0.05) is 70.2 Å². The topological polar surface area (TPSA) is 61.7 Å². The summed E-state index contributed by atoms with van der Waals surface area (Å²) in [5, 5.41) is 13.8. The van der Waals surface area contributed by atoms with Crippen molar-refractivity contribution in [3.8, 4) is 45.5 Å². The molecule has 5 heterocycles. The van der Waals surface area contributed by atoms with Crippen molar-refractivity contribution < 1.29 is 4.42 Å². The maximum absolute atomic E-state index is 6.51. The van der Waals surface area contributed by atoms with Crippen LogP contribution in [0.2, 0.25) is 0 Å². The third-order valence-corrected chi connectivity index (χ3v) is 15.9. The van der Waals surface area contributed by atoms with E-state index < -0.39 is 0 Å². The van der Waals surface area contributed by atoms with Crippen LogP contribution in [0.3, 0.4) is 0 Å². The van der Waals surface area contributed by atoms with Crippen molar-refractivity contribution in [2.45, 2.75) is 0 Å². The number of fused-ring (bicyclic) bond motifs is 15. The molecule has 5 aromatic heterocycles. The summed E-state index contributed by atoms with van der Waals surface area (Å²) in [7, 11) is 0. The molecule has 11 aromatic carbocycles. The number of aromatic nitrogens is 5. The van der Waals surface area contributed by atoms with Gasteiger partial charge in [-0.3, -0.25) is 0 Å². The number of rotatable bonds is 5. The van der Waals surface area contributed by atoms with Crippen LogP contribution in [0.25, 0.3) is 153 Å². The first-order valence-electron chi connectivity index (χ1n) is 24.3. The Balaban J connectivity index is 1.07. The molecule has 0 N–H and O–H groups in total. The van der Waals surface area contributed by atoms with E-state index in [0.29, 0.717) is 17.5 Å². The summed E-state index contributed by atoms with van der Waals surface area (Å²) in [6, 6.07) is 80.2. The van der Waals surface area contributed by atoms with E-state index in [1.165, 1.54) is 47.8 Å². The maximum Gasteiger partial charge on any atom is 0.166 e. The minimum absolute atomic E-state index is 0.567. The molecule has 0 amide bonds. The highest BCUT2D eigenvalue weighted by atomic mass is 32.1. The average Bonchev–Trinajstić information content (AvgIpc) is 4.20. The molecule has 6 nitrogen and oxygen atoms in total. The van der Waals surface area contributed by atoms with Gasteiger partial charge in [-0.15, -0.1) is 11.3 Å². The Labute approximate surface area is 414 Å². The van der Waals surface area contributed by atoms with E-state index in [9.17, 15) is 0 Å². The molecule has 16 rings (SSSR count). The number of benzene rings is 11. The van der Waals surface area contributed by atoms with Crippen LogP contribution in [0.4, 0.5) is 0 Å². The third kappa shape index (κ3) is 5.62. The number of thiophene rings is 1. The molecule has 0 spiro atoms. The van der Waals surface area contributed by atoms with E-state index >= 15 is 0 Å². The maximum atomic E-state index is 6.51. The lowest BCUT2D eigenvalue weighted by molar-refractivity contribution is 0.669. The lowest BCUT2D eigenvalue weighted by Crippen LogP contribution is -2.04. The predicted molar refractivity (Wildman–Crippen MR) is 300 cm³/mol. The van der Waals surface area contributed by atoms with Crippen molar-refractivity contribution >= 4 is 119 Å². The molecule has 0 fully saturated rings. The second-order valence-electron chi connectivity index (χ2n) is 18.6. The number of furan rings is 1. The standard InChI is InChI=1S/C65H37N5OS/c1-2-19-41(20-3-1)69-51-27-11-8-23-45(51)59-47(25-14-28-52(59)69)63-66-64(48-26-15-30-56-60(48)46-24-9-12-29-55(46)71-56)68-65(67-63)49-34-33-44-43-22-10-13-31-57(43)72-62(44)61(49)70-53-35-32-38-16-6-7-21-42(38)58(53)50-36-39-17-4-5-18-40(39)37-54(50)70/h1-37H. The van der Waals surface area contributed by atoms with Gasteiger partial charge in [0.25, 0.3) is 0 Å². The van der Waals surface area contributed by atoms with E-state index in [0.717, 1.165) is 87.5 Å². The van der Waals surface area contributed by atoms with Gasteiger partial charge in [-0.2, -0.15) is 0 Å². The molecule has 0 saturated carbocycles. The van der Waals surface area contributed by atoms with Crippen molar-refractivity contribution in [3.63, 3.8) is 0 Å². The van der Waals surface area contributed by atoms with Crippen LogP contribution in [0, 0.1) is 0 Å². The second-order valence-corrected chi connectivity index (χ2v) is 19.7. The van der Waals surface area contributed by atoms with Gasteiger partial charge in [-0.05, 0) is 88.3 Å². The number of nitrogens with zero attached hydrogens (tertiary/aromatic N) is 5. The van der Waals surface area contributed by atoms with Crippen molar-refractivity contribution in [2.75, 3.05) is 0 Å². The fourth-order valence-corrected chi connectivity index (χ4v) is 12.9. The van der Waals surface area contributed by atoms with Gasteiger partial charge in [0.15, 0.2) is 17.5 Å². The Bertz CT molecular complexity index is 4940. The van der Waals surface area contributed by atoms with E-state index in [1.807, 2.05) is 35.6 Å². The normalized spacial score (nSPS) is 12.2. The quantitative estimate of drug-likeness (QED) is 0.172. The van der Waals surface area contributed by atoms with Crippen LogP contribution in [-0.4, -0.2) is 24.1 Å². The lowest BCUT2D eigenvalue weighted by Gasteiger charge is -2.16. The Kier molecular flexibility index (Phi) is 8.23. The zero-order valence-corrected chi connectivity index (χ0v) is 39.2. The molecule has 0 aliphatic rings.